The fraction of sp³-hybridized carbons (Fsp3) is 0.667. The number of urea groups is 1. The number of primary amides is 1. The summed E-state index contributed by atoms with van der Waals surface area (Å²) in [7, 11) is 0. The molecule has 16 heavy (non-hydrogen) atoms. The Morgan fingerprint density at radius 1 is 1.31 bits per heavy atom. The Kier molecular flexibility index (Phi) is 5.91. The van der Waals surface area contributed by atoms with Crippen molar-refractivity contribution in [3.63, 3.8) is 0 Å². The first-order valence-electron chi connectivity index (χ1n) is 4.88. The molecule has 0 rings (SSSR count). The number of hydrogen-bond donors (Lipinski definition) is 4. The number of carboxylic acid groups (broad SMARTS) is 1. The molecule has 0 fully saturated rings. The molecule has 2 unspecified atom stereocenters. The molecule has 0 heterocycles. The molecule has 7 heteroatoms. The van der Waals surface area contributed by atoms with Crippen molar-refractivity contribution >= 4 is 17.9 Å². The van der Waals surface area contributed by atoms with E-state index in [1.54, 1.807) is 6.92 Å². The van der Waals surface area contributed by atoms with Crippen LogP contribution in [0, 0.1) is 5.92 Å². The zero-order chi connectivity index (χ0) is 12.7. The van der Waals surface area contributed by atoms with Crippen molar-refractivity contribution in [2.75, 3.05) is 6.54 Å². The van der Waals surface area contributed by atoms with Crippen LogP contribution in [0.2, 0.25) is 0 Å². The summed E-state index contributed by atoms with van der Waals surface area (Å²) in [6, 6.07) is -0.889. The monoisotopic (exact) mass is 231 g/mol. The third-order valence-corrected chi connectivity index (χ3v) is 1.88. The van der Waals surface area contributed by atoms with Crippen molar-refractivity contribution in [3.8, 4) is 0 Å². The van der Waals surface area contributed by atoms with Gasteiger partial charge in [-0.15, -0.1) is 0 Å². The van der Waals surface area contributed by atoms with Gasteiger partial charge >= 0.3 is 12.0 Å². The van der Waals surface area contributed by atoms with Gasteiger partial charge in [-0.25, -0.2) is 4.79 Å². The van der Waals surface area contributed by atoms with Gasteiger partial charge in [-0.3, -0.25) is 9.59 Å². The van der Waals surface area contributed by atoms with E-state index in [9.17, 15) is 14.4 Å². The second-order valence-corrected chi connectivity index (χ2v) is 3.67. The number of rotatable bonds is 6. The van der Waals surface area contributed by atoms with Crippen LogP contribution in [-0.2, 0) is 9.59 Å². The third-order valence-electron chi connectivity index (χ3n) is 1.88. The molecule has 0 aromatic rings. The van der Waals surface area contributed by atoms with Gasteiger partial charge in [0.25, 0.3) is 0 Å². The van der Waals surface area contributed by atoms with E-state index in [2.05, 4.69) is 10.6 Å². The number of carbonyl (C=O) groups excluding carboxylic acids is 2. The molecule has 5 N–H and O–H groups in total. The minimum absolute atomic E-state index is 0.0322. The Labute approximate surface area is 93.4 Å². The lowest BCUT2D eigenvalue weighted by molar-refractivity contribution is -0.140. The molecule has 0 bridgehead atoms. The van der Waals surface area contributed by atoms with Gasteiger partial charge in [0.15, 0.2) is 0 Å². The molecule has 0 aliphatic rings. The van der Waals surface area contributed by atoms with Crippen molar-refractivity contribution in [1.82, 2.24) is 10.6 Å². The zero-order valence-corrected chi connectivity index (χ0v) is 9.32. The summed E-state index contributed by atoms with van der Waals surface area (Å²) >= 11 is 0. The number of carbonyl (C=O) groups is 3. The first-order chi connectivity index (χ1) is 7.32. The SMILES string of the molecule is CC(CC(N)=O)NC(=O)NCC(C)C(=O)O. The number of carboxylic acids is 1. The van der Waals surface area contributed by atoms with E-state index in [0.29, 0.717) is 0 Å². The lowest BCUT2D eigenvalue weighted by Gasteiger charge is -2.14. The molecule has 0 saturated heterocycles. The Bertz CT molecular complexity index is 280. The molecular weight excluding hydrogens is 214 g/mol. The van der Waals surface area contributed by atoms with Gasteiger partial charge in [0.2, 0.25) is 5.91 Å². The van der Waals surface area contributed by atoms with Gasteiger partial charge in [-0.05, 0) is 6.92 Å². The van der Waals surface area contributed by atoms with E-state index in [1.807, 2.05) is 0 Å². The Morgan fingerprint density at radius 3 is 2.31 bits per heavy atom. The van der Waals surface area contributed by atoms with Crippen molar-refractivity contribution in [3.05, 3.63) is 0 Å². The fourth-order valence-electron chi connectivity index (χ4n) is 0.961. The van der Waals surface area contributed by atoms with Crippen molar-refractivity contribution in [2.45, 2.75) is 26.3 Å². The van der Waals surface area contributed by atoms with Crippen LogP contribution in [0.5, 0.6) is 0 Å². The summed E-state index contributed by atoms with van der Waals surface area (Å²) in [5.41, 5.74) is 4.94. The minimum atomic E-state index is -0.981. The maximum atomic E-state index is 11.2. The summed E-state index contributed by atoms with van der Waals surface area (Å²) in [5.74, 6) is -2.14. The van der Waals surface area contributed by atoms with E-state index in [-0.39, 0.29) is 19.0 Å². The fourth-order valence-corrected chi connectivity index (χ4v) is 0.961. The highest BCUT2D eigenvalue weighted by Gasteiger charge is 2.13. The molecular formula is C9H17N3O4. The van der Waals surface area contributed by atoms with Crippen LogP contribution in [-0.4, -0.2) is 35.6 Å². The van der Waals surface area contributed by atoms with Crippen LogP contribution in [0.3, 0.4) is 0 Å². The highest BCUT2D eigenvalue weighted by Crippen LogP contribution is 1.92. The van der Waals surface area contributed by atoms with Crippen LogP contribution in [0.15, 0.2) is 0 Å². The largest absolute Gasteiger partial charge is 0.481 e. The average Bonchev–Trinajstić information content (AvgIpc) is 2.12. The van der Waals surface area contributed by atoms with Gasteiger partial charge in [0.1, 0.15) is 0 Å². The topological polar surface area (TPSA) is 122 Å². The van der Waals surface area contributed by atoms with Gasteiger partial charge in [-0.2, -0.15) is 0 Å². The molecule has 0 aliphatic carbocycles. The van der Waals surface area contributed by atoms with Crippen molar-refractivity contribution in [2.24, 2.45) is 11.7 Å². The maximum Gasteiger partial charge on any atom is 0.315 e. The molecule has 92 valence electrons. The van der Waals surface area contributed by atoms with Crippen LogP contribution in [0.25, 0.3) is 0 Å². The van der Waals surface area contributed by atoms with E-state index < -0.39 is 23.8 Å². The molecule has 0 spiro atoms. The highest BCUT2D eigenvalue weighted by atomic mass is 16.4. The lowest BCUT2D eigenvalue weighted by Crippen LogP contribution is -2.44. The first kappa shape index (κ1) is 14.2. The number of nitrogens with one attached hydrogen (secondary N) is 2. The van der Waals surface area contributed by atoms with Gasteiger partial charge < -0.3 is 21.5 Å². The number of hydrogen-bond acceptors (Lipinski definition) is 3. The molecule has 2 atom stereocenters. The Hall–Kier alpha value is -1.79. The maximum absolute atomic E-state index is 11.2. The lowest BCUT2D eigenvalue weighted by atomic mass is 10.2. The molecule has 7 nitrogen and oxygen atoms in total. The van der Waals surface area contributed by atoms with E-state index in [4.69, 9.17) is 10.8 Å². The third kappa shape index (κ3) is 6.63. The van der Waals surface area contributed by atoms with Crippen LogP contribution < -0.4 is 16.4 Å². The van der Waals surface area contributed by atoms with Crippen LogP contribution in [0.1, 0.15) is 20.3 Å². The van der Waals surface area contributed by atoms with Crippen LogP contribution >= 0.6 is 0 Å². The number of amides is 3. The predicted octanol–water partition coefficient (Wildman–Crippen LogP) is -0.730. The minimum Gasteiger partial charge on any atom is -0.481 e. The van der Waals surface area contributed by atoms with E-state index in [0.717, 1.165) is 0 Å². The molecule has 0 aromatic heterocycles. The molecule has 0 aromatic carbocycles. The summed E-state index contributed by atoms with van der Waals surface area (Å²) in [6.07, 6.45) is 0.0436. The second-order valence-electron chi connectivity index (χ2n) is 3.67. The van der Waals surface area contributed by atoms with Gasteiger partial charge in [-0.1, -0.05) is 6.92 Å². The predicted molar refractivity (Wildman–Crippen MR) is 56.6 cm³/mol. The molecule has 0 radical (unpaired) electrons. The summed E-state index contributed by atoms with van der Waals surface area (Å²) in [5, 5.41) is 13.4. The van der Waals surface area contributed by atoms with E-state index in [1.165, 1.54) is 6.92 Å². The average molecular weight is 231 g/mol. The number of nitrogens with two attached hydrogens (primary N) is 1. The Balaban J connectivity index is 3.82. The van der Waals surface area contributed by atoms with Gasteiger partial charge in [0, 0.05) is 19.0 Å². The summed E-state index contributed by atoms with van der Waals surface area (Å²) < 4.78 is 0. The second kappa shape index (κ2) is 6.65. The standard InChI is InChI=1S/C9H17N3O4/c1-5(8(14)15)4-11-9(16)12-6(2)3-7(10)13/h5-6H,3-4H2,1-2H3,(H2,10,13)(H,14,15)(H2,11,12,16). The van der Waals surface area contributed by atoms with E-state index >= 15 is 0 Å². The molecule has 0 saturated carbocycles. The van der Waals surface area contributed by atoms with Crippen molar-refractivity contribution < 1.29 is 19.5 Å². The normalized spacial score (nSPS) is 13.6. The highest BCUT2D eigenvalue weighted by molar-refractivity contribution is 5.78. The quantitative estimate of drug-likeness (QED) is 0.481. The smallest absolute Gasteiger partial charge is 0.315 e. The number of aliphatic carboxylic acids is 1. The molecule has 0 aliphatic heterocycles. The Morgan fingerprint density at radius 2 is 1.88 bits per heavy atom. The zero-order valence-electron chi connectivity index (χ0n) is 9.32. The summed E-state index contributed by atoms with van der Waals surface area (Å²) in [6.45, 7) is 3.14. The first-order valence-corrected chi connectivity index (χ1v) is 4.88. The van der Waals surface area contributed by atoms with Crippen molar-refractivity contribution in [1.29, 1.82) is 0 Å². The summed E-state index contributed by atoms with van der Waals surface area (Å²) in [4.78, 5) is 32.2. The van der Waals surface area contributed by atoms with Crippen LogP contribution in [0.4, 0.5) is 4.79 Å². The van der Waals surface area contributed by atoms with Gasteiger partial charge in [0.05, 0.1) is 5.92 Å². The molecule has 3 amide bonds.